The lowest BCUT2D eigenvalue weighted by Gasteiger charge is -2.37. The highest BCUT2D eigenvalue weighted by atomic mass is 19.1. The average Bonchev–Trinajstić information content (AvgIpc) is 2.72. The van der Waals surface area contributed by atoms with Gasteiger partial charge in [0.05, 0.1) is 7.11 Å². The van der Waals surface area contributed by atoms with Gasteiger partial charge >= 0.3 is 0 Å². The van der Waals surface area contributed by atoms with Crippen molar-refractivity contribution in [3.63, 3.8) is 0 Å². The van der Waals surface area contributed by atoms with Crippen molar-refractivity contribution in [1.82, 2.24) is 4.90 Å². The maximum Gasteiger partial charge on any atom is 0.123 e. The highest BCUT2D eigenvalue weighted by Gasteiger charge is 2.22. The van der Waals surface area contributed by atoms with E-state index in [-0.39, 0.29) is 17.8 Å². The predicted molar refractivity (Wildman–Crippen MR) is 118 cm³/mol. The molecular weight excluding hydrogens is 383 g/mol. The molecule has 1 fully saturated rings. The van der Waals surface area contributed by atoms with Gasteiger partial charge in [-0.25, -0.2) is 4.39 Å². The molecule has 1 unspecified atom stereocenters. The number of β-amino-alcohol motifs (C(OH)–C–C–N with tert-alkyl or cyclic N) is 1. The molecule has 30 heavy (non-hydrogen) atoms. The van der Waals surface area contributed by atoms with Gasteiger partial charge in [0.1, 0.15) is 30.0 Å². The van der Waals surface area contributed by atoms with Gasteiger partial charge in [-0.05, 0) is 47.9 Å². The Kier molecular flexibility index (Phi) is 7.21. The van der Waals surface area contributed by atoms with E-state index < -0.39 is 6.10 Å². The van der Waals surface area contributed by atoms with Crippen molar-refractivity contribution in [2.24, 2.45) is 0 Å². The Morgan fingerprint density at radius 2 is 1.70 bits per heavy atom. The van der Waals surface area contributed by atoms with Crippen LogP contribution in [0, 0.1) is 5.82 Å². The quantitative estimate of drug-likeness (QED) is 0.746. The molecule has 2 aromatic rings. The monoisotopic (exact) mass is 416 g/mol. The second kappa shape index (κ2) is 9.67. The van der Waals surface area contributed by atoms with E-state index in [4.69, 9.17) is 9.47 Å². The van der Waals surface area contributed by atoms with E-state index in [9.17, 15) is 9.50 Å². The normalized spacial score (nSPS) is 16.4. The fourth-order valence-corrected chi connectivity index (χ4v) is 3.73. The molecule has 1 aliphatic heterocycles. The van der Waals surface area contributed by atoms with Gasteiger partial charge in [-0.15, -0.1) is 0 Å². The third-order valence-electron chi connectivity index (χ3n) is 5.46. The highest BCUT2D eigenvalue weighted by molar-refractivity contribution is 5.46. The molecular formula is C24H33FN2O3. The van der Waals surface area contributed by atoms with E-state index in [1.165, 1.54) is 12.1 Å². The standard InChI is InChI=1S/C24H33FN2O3/c1-24(2,3)22-15-21(29-4)9-10-23(22)30-17-20(28)16-26-11-13-27(14-12-26)19-7-5-18(25)6-8-19/h5-10,15,20,28H,11-14,16-17H2,1-4H3. The summed E-state index contributed by atoms with van der Waals surface area (Å²) >= 11 is 0. The third kappa shape index (κ3) is 5.86. The molecule has 0 saturated carbocycles. The summed E-state index contributed by atoms with van der Waals surface area (Å²) in [6.07, 6.45) is -0.572. The van der Waals surface area contributed by atoms with Crippen LogP contribution in [-0.4, -0.2) is 62.6 Å². The van der Waals surface area contributed by atoms with Gasteiger partial charge in [0.2, 0.25) is 0 Å². The maximum absolute atomic E-state index is 13.1. The van der Waals surface area contributed by atoms with Crippen molar-refractivity contribution in [2.75, 3.05) is 51.3 Å². The molecule has 0 aromatic heterocycles. The minimum atomic E-state index is -0.572. The molecule has 0 radical (unpaired) electrons. The number of hydrogen-bond acceptors (Lipinski definition) is 5. The van der Waals surface area contributed by atoms with Crippen LogP contribution in [0.25, 0.3) is 0 Å². The van der Waals surface area contributed by atoms with Crippen molar-refractivity contribution in [3.05, 3.63) is 53.8 Å². The zero-order valence-electron chi connectivity index (χ0n) is 18.4. The van der Waals surface area contributed by atoms with Gasteiger partial charge < -0.3 is 19.5 Å². The van der Waals surface area contributed by atoms with E-state index in [0.29, 0.717) is 6.54 Å². The molecule has 5 nitrogen and oxygen atoms in total. The third-order valence-corrected chi connectivity index (χ3v) is 5.46. The van der Waals surface area contributed by atoms with Gasteiger partial charge in [0.15, 0.2) is 0 Å². The molecule has 164 valence electrons. The molecule has 1 aliphatic rings. The lowest BCUT2D eigenvalue weighted by atomic mass is 9.86. The molecule has 0 spiro atoms. The van der Waals surface area contributed by atoms with Crippen LogP contribution in [0.5, 0.6) is 11.5 Å². The van der Waals surface area contributed by atoms with Crippen LogP contribution < -0.4 is 14.4 Å². The number of halogens is 1. The van der Waals surface area contributed by atoms with Gasteiger partial charge in [0.25, 0.3) is 0 Å². The summed E-state index contributed by atoms with van der Waals surface area (Å²) in [6, 6.07) is 12.4. The largest absolute Gasteiger partial charge is 0.497 e. The van der Waals surface area contributed by atoms with Crippen LogP contribution in [0.3, 0.4) is 0 Å². The lowest BCUT2D eigenvalue weighted by molar-refractivity contribution is 0.0656. The molecule has 0 bridgehead atoms. The zero-order chi connectivity index (χ0) is 21.7. The summed E-state index contributed by atoms with van der Waals surface area (Å²) in [6.45, 7) is 10.6. The van der Waals surface area contributed by atoms with Crippen molar-refractivity contribution in [1.29, 1.82) is 0 Å². The second-order valence-electron chi connectivity index (χ2n) is 8.84. The van der Waals surface area contributed by atoms with Crippen LogP contribution in [0.2, 0.25) is 0 Å². The zero-order valence-corrected chi connectivity index (χ0v) is 18.4. The Morgan fingerprint density at radius 3 is 2.30 bits per heavy atom. The summed E-state index contributed by atoms with van der Waals surface area (Å²) in [7, 11) is 1.65. The number of methoxy groups -OCH3 is 1. The van der Waals surface area contributed by atoms with E-state index in [2.05, 4.69) is 30.6 Å². The number of nitrogens with zero attached hydrogens (tertiary/aromatic N) is 2. The summed E-state index contributed by atoms with van der Waals surface area (Å²) in [5.41, 5.74) is 2.00. The number of ether oxygens (including phenoxy) is 2. The number of piperazine rings is 1. The van der Waals surface area contributed by atoms with E-state index in [1.807, 2.05) is 30.3 Å². The Morgan fingerprint density at radius 1 is 1.03 bits per heavy atom. The highest BCUT2D eigenvalue weighted by Crippen LogP contribution is 2.34. The minimum absolute atomic E-state index is 0.0918. The van der Waals surface area contributed by atoms with E-state index >= 15 is 0 Å². The Labute approximate surface area is 179 Å². The SMILES string of the molecule is COc1ccc(OCC(O)CN2CCN(c3ccc(F)cc3)CC2)c(C(C)(C)C)c1. The van der Waals surface area contributed by atoms with E-state index in [1.54, 1.807) is 7.11 Å². The maximum atomic E-state index is 13.1. The second-order valence-corrected chi connectivity index (χ2v) is 8.84. The molecule has 1 atom stereocenters. The number of aliphatic hydroxyl groups excluding tert-OH is 1. The first kappa shape index (κ1) is 22.4. The first-order valence-corrected chi connectivity index (χ1v) is 10.5. The molecule has 1 saturated heterocycles. The Hall–Kier alpha value is -2.31. The summed E-state index contributed by atoms with van der Waals surface area (Å²) < 4.78 is 24.4. The summed E-state index contributed by atoms with van der Waals surface area (Å²) in [4.78, 5) is 4.48. The van der Waals surface area contributed by atoms with Gasteiger partial charge in [0, 0.05) is 44.0 Å². The van der Waals surface area contributed by atoms with Crippen molar-refractivity contribution in [3.8, 4) is 11.5 Å². The molecule has 0 aliphatic carbocycles. The van der Waals surface area contributed by atoms with Crippen LogP contribution in [0.15, 0.2) is 42.5 Å². The van der Waals surface area contributed by atoms with Gasteiger partial charge in [-0.2, -0.15) is 0 Å². The van der Waals surface area contributed by atoms with Gasteiger partial charge in [-0.3, -0.25) is 4.90 Å². The summed E-state index contributed by atoms with van der Waals surface area (Å²) in [5.74, 6) is 1.36. The Bertz CT molecular complexity index is 812. The number of anilines is 1. The fraction of sp³-hybridized carbons (Fsp3) is 0.500. The van der Waals surface area contributed by atoms with Gasteiger partial charge in [-0.1, -0.05) is 20.8 Å². The minimum Gasteiger partial charge on any atom is -0.497 e. The lowest BCUT2D eigenvalue weighted by Crippen LogP contribution is -2.49. The number of hydrogen-bond donors (Lipinski definition) is 1. The smallest absolute Gasteiger partial charge is 0.123 e. The molecule has 3 rings (SSSR count). The van der Waals surface area contributed by atoms with Crippen molar-refractivity contribution < 1.29 is 19.0 Å². The molecule has 1 N–H and O–H groups in total. The average molecular weight is 417 g/mol. The van der Waals surface area contributed by atoms with Crippen LogP contribution in [0.1, 0.15) is 26.3 Å². The molecule has 1 heterocycles. The Balaban J connectivity index is 1.50. The van der Waals surface area contributed by atoms with Crippen molar-refractivity contribution in [2.45, 2.75) is 32.3 Å². The van der Waals surface area contributed by atoms with Crippen LogP contribution in [-0.2, 0) is 5.41 Å². The number of rotatable bonds is 7. The first-order valence-electron chi connectivity index (χ1n) is 10.5. The van der Waals surface area contributed by atoms with E-state index in [0.717, 1.165) is 48.9 Å². The first-order chi connectivity index (χ1) is 14.3. The molecule has 2 aromatic carbocycles. The molecule has 6 heteroatoms. The summed E-state index contributed by atoms with van der Waals surface area (Å²) in [5, 5.41) is 10.5. The number of aliphatic hydroxyl groups is 1. The molecule has 0 amide bonds. The van der Waals surface area contributed by atoms with Crippen LogP contribution >= 0.6 is 0 Å². The van der Waals surface area contributed by atoms with Crippen LogP contribution in [0.4, 0.5) is 10.1 Å². The number of benzene rings is 2. The van der Waals surface area contributed by atoms with Crippen molar-refractivity contribution >= 4 is 5.69 Å². The predicted octanol–water partition coefficient (Wildman–Crippen LogP) is 3.69. The fourth-order valence-electron chi connectivity index (χ4n) is 3.73. The topological polar surface area (TPSA) is 45.2 Å².